The summed E-state index contributed by atoms with van der Waals surface area (Å²) in [6.45, 7) is 0. The zero-order valence-electron chi connectivity index (χ0n) is 17.3. The van der Waals surface area contributed by atoms with Gasteiger partial charge in [-0.3, -0.25) is 14.4 Å². The Morgan fingerprint density at radius 3 is 2.22 bits per heavy atom. The number of aldehydes is 1. The fourth-order valence-corrected chi connectivity index (χ4v) is 2.85. The van der Waals surface area contributed by atoms with Crippen LogP contribution in [0.4, 0.5) is 5.95 Å². The van der Waals surface area contributed by atoms with Crippen LogP contribution in [0.25, 0.3) is 5.57 Å². The minimum Gasteiger partial charge on any atom is -0.404 e. The molecule has 0 atom stereocenters. The van der Waals surface area contributed by atoms with Gasteiger partial charge in [0.2, 0.25) is 5.95 Å². The molecule has 160 valence electrons. The fraction of sp³-hybridized carbons (Fsp3) is 0.0417. The van der Waals surface area contributed by atoms with Crippen LogP contribution in [0.3, 0.4) is 0 Å². The molecule has 3 aromatic rings. The predicted molar refractivity (Wildman–Crippen MR) is 122 cm³/mol. The number of amides is 1. The standard InChI is InChI=1S/C24H21N5O3/c1-26-24-27-12-11-21(29-24)19(14-25)13-20(15-30)28-23(32)18-9-7-17(8-10-18)22(31)16-5-3-2-4-6-16/h2-15H,25H2,1H3,(H,28,32)(H,26,27,29)/b19-14+,20-13+. The van der Waals surface area contributed by atoms with Crippen molar-refractivity contribution in [3.05, 3.63) is 107 Å². The Hall–Kier alpha value is -4.59. The second kappa shape index (κ2) is 10.4. The van der Waals surface area contributed by atoms with Crippen molar-refractivity contribution in [2.45, 2.75) is 0 Å². The SMILES string of the molecule is CNc1nccc(C(/C=C(\C=O)NC(=O)c2ccc(C(=O)c3ccccc3)cc2)=C/N)n1. The van der Waals surface area contributed by atoms with Gasteiger partial charge >= 0.3 is 0 Å². The lowest BCUT2D eigenvalue weighted by Crippen LogP contribution is -2.23. The van der Waals surface area contributed by atoms with Crippen molar-refractivity contribution < 1.29 is 14.4 Å². The number of hydrogen-bond donors (Lipinski definition) is 3. The number of nitrogens with zero attached hydrogens (tertiary/aromatic N) is 2. The van der Waals surface area contributed by atoms with Crippen molar-refractivity contribution in [1.29, 1.82) is 0 Å². The van der Waals surface area contributed by atoms with Gasteiger partial charge in [0.05, 0.1) is 11.4 Å². The van der Waals surface area contributed by atoms with E-state index in [-0.39, 0.29) is 11.5 Å². The smallest absolute Gasteiger partial charge is 0.255 e. The molecule has 1 heterocycles. The second-order valence-corrected chi connectivity index (χ2v) is 6.58. The van der Waals surface area contributed by atoms with E-state index in [1.54, 1.807) is 55.7 Å². The molecule has 3 rings (SSSR count). The lowest BCUT2D eigenvalue weighted by Gasteiger charge is -2.08. The van der Waals surface area contributed by atoms with Gasteiger partial charge in [-0.15, -0.1) is 0 Å². The largest absolute Gasteiger partial charge is 0.404 e. The normalized spacial score (nSPS) is 11.5. The number of hydrogen-bond acceptors (Lipinski definition) is 7. The molecule has 8 nitrogen and oxygen atoms in total. The Morgan fingerprint density at radius 1 is 0.938 bits per heavy atom. The number of carbonyl (C=O) groups is 3. The van der Waals surface area contributed by atoms with E-state index in [2.05, 4.69) is 20.6 Å². The lowest BCUT2D eigenvalue weighted by molar-refractivity contribution is -0.105. The third-order valence-electron chi connectivity index (χ3n) is 4.50. The van der Waals surface area contributed by atoms with Crippen LogP contribution >= 0.6 is 0 Å². The zero-order chi connectivity index (χ0) is 22.9. The summed E-state index contributed by atoms with van der Waals surface area (Å²) in [7, 11) is 1.68. The van der Waals surface area contributed by atoms with Crippen molar-refractivity contribution in [2.24, 2.45) is 5.73 Å². The van der Waals surface area contributed by atoms with Crippen molar-refractivity contribution in [3.63, 3.8) is 0 Å². The molecule has 4 N–H and O–H groups in total. The van der Waals surface area contributed by atoms with Crippen LogP contribution in [0.2, 0.25) is 0 Å². The Balaban J connectivity index is 1.75. The van der Waals surface area contributed by atoms with Crippen molar-refractivity contribution >= 4 is 29.5 Å². The average Bonchev–Trinajstić information content (AvgIpc) is 2.86. The molecule has 0 bridgehead atoms. The van der Waals surface area contributed by atoms with Crippen LogP contribution in [0, 0.1) is 0 Å². The Labute approximate surface area is 184 Å². The number of carbonyl (C=O) groups excluding carboxylic acids is 3. The summed E-state index contributed by atoms with van der Waals surface area (Å²) in [4.78, 5) is 44.9. The number of allylic oxidation sites excluding steroid dienone is 3. The number of nitrogens with two attached hydrogens (primary N) is 1. The topological polar surface area (TPSA) is 127 Å². The number of nitrogens with one attached hydrogen (secondary N) is 2. The van der Waals surface area contributed by atoms with E-state index < -0.39 is 5.91 Å². The average molecular weight is 427 g/mol. The van der Waals surface area contributed by atoms with Crippen molar-refractivity contribution in [3.8, 4) is 0 Å². The van der Waals surface area contributed by atoms with Gasteiger partial charge in [-0.05, 0) is 24.3 Å². The quantitative estimate of drug-likeness (QED) is 0.218. The maximum absolute atomic E-state index is 12.6. The molecule has 0 aliphatic rings. The Kier molecular flexibility index (Phi) is 7.21. The van der Waals surface area contributed by atoms with Gasteiger partial charge in [-0.1, -0.05) is 42.5 Å². The number of benzene rings is 2. The monoisotopic (exact) mass is 427 g/mol. The molecule has 0 aliphatic heterocycles. The predicted octanol–water partition coefficient (Wildman–Crippen LogP) is 2.56. The summed E-state index contributed by atoms with van der Waals surface area (Å²) in [5.41, 5.74) is 7.89. The van der Waals surface area contributed by atoms with Crippen molar-refractivity contribution in [2.75, 3.05) is 12.4 Å². The maximum Gasteiger partial charge on any atom is 0.255 e. The number of rotatable bonds is 8. The molecule has 0 spiro atoms. The highest BCUT2D eigenvalue weighted by Gasteiger charge is 2.12. The third kappa shape index (κ3) is 5.31. The number of aromatic nitrogens is 2. The highest BCUT2D eigenvalue weighted by Crippen LogP contribution is 2.15. The highest BCUT2D eigenvalue weighted by atomic mass is 16.2. The summed E-state index contributed by atoms with van der Waals surface area (Å²) >= 11 is 0. The van der Waals surface area contributed by atoms with E-state index in [1.807, 2.05) is 6.07 Å². The first-order chi connectivity index (χ1) is 15.5. The van der Waals surface area contributed by atoms with E-state index in [0.29, 0.717) is 40.2 Å². The van der Waals surface area contributed by atoms with Crippen molar-refractivity contribution in [1.82, 2.24) is 15.3 Å². The summed E-state index contributed by atoms with van der Waals surface area (Å²) in [5, 5.41) is 5.36. The van der Waals surface area contributed by atoms with Crippen LogP contribution < -0.4 is 16.4 Å². The second-order valence-electron chi connectivity index (χ2n) is 6.58. The van der Waals surface area contributed by atoms with E-state index in [9.17, 15) is 14.4 Å². The number of ketones is 1. The summed E-state index contributed by atoms with van der Waals surface area (Å²) < 4.78 is 0. The Bertz CT molecular complexity index is 1190. The molecular formula is C24H21N5O3. The third-order valence-corrected chi connectivity index (χ3v) is 4.50. The molecule has 1 amide bonds. The van der Waals surface area contributed by atoms with E-state index in [1.165, 1.54) is 24.4 Å². The molecule has 0 radical (unpaired) electrons. The molecular weight excluding hydrogens is 406 g/mol. The first-order valence-electron chi connectivity index (χ1n) is 9.67. The van der Waals surface area contributed by atoms with Gasteiger partial charge in [0, 0.05) is 41.7 Å². The maximum atomic E-state index is 12.6. The van der Waals surface area contributed by atoms with E-state index in [4.69, 9.17) is 5.73 Å². The molecule has 1 aromatic heterocycles. The van der Waals surface area contributed by atoms with Crippen LogP contribution in [0.1, 0.15) is 32.0 Å². The van der Waals surface area contributed by atoms with Gasteiger partial charge in [0.25, 0.3) is 5.91 Å². The van der Waals surface area contributed by atoms with Gasteiger partial charge in [0.1, 0.15) is 0 Å². The first kappa shape index (κ1) is 22.1. The molecule has 8 heteroatoms. The minimum atomic E-state index is -0.503. The van der Waals surface area contributed by atoms with Gasteiger partial charge < -0.3 is 16.4 Å². The lowest BCUT2D eigenvalue weighted by atomic mass is 10.0. The summed E-state index contributed by atoms with van der Waals surface area (Å²) in [6.07, 6.45) is 4.75. The molecule has 0 unspecified atom stereocenters. The molecule has 0 fully saturated rings. The van der Waals surface area contributed by atoms with Gasteiger partial charge in [-0.2, -0.15) is 0 Å². The highest BCUT2D eigenvalue weighted by molar-refractivity contribution is 6.09. The Morgan fingerprint density at radius 2 is 1.59 bits per heavy atom. The van der Waals surface area contributed by atoms with Gasteiger partial charge in [-0.25, -0.2) is 9.97 Å². The van der Waals surface area contributed by atoms with Crippen LogP contribution in [-0.2, 0) is 4.79 Å². The molecule has 0 saturated heterocycles. The fourth-order valence-electron chi connectivity index (χ4n) is 2.85. The molecule has 0 saturated carbocycles. The first-order valence-corrected chi connectivity index (χ1v) is 9.67. The van der Waals surface area contributed by atoms with Crippen LogP contribution in [0.5, 0.6) is 0 Å². The molecule has 0 aliphatic carbocycles. The van der Waals surface area contributed by atoms with Crippen LogP contribution in [0.15, 0.2) is 84.8 Å². The van der Waals surface area contributed by atoms with E-state index in [0.717, 1.165) is 0 Å². The van der Waals surface area contributed by atoms with Crippen LogP contribution in [-0.4, -0.2) is 35.0 Å². The number of anilines is 1. The van der Waals surface area contributed by atoms with E-state index >= 15 is 0 Å². The zero-order valence-corrected chi connectivity index (χ0v) is 17.3. The summed E-state index contributed by atoms with van der Waals surface area (Å²) in [6, 6.07) is 16.7. The molecule has 32 heavy (non-hydrogen) atoms. The minimum absolute atomic E-state index is 0.000702. The summed E-state index contributed by atoms with van der Waals surface area (Å²) in [5.74, 6) is -0.261. The van der Waals surface area contributed by atoms with Gasteiger partial charge in [0.15, 0.2) is 12.1 Å². The molecule has 2 aromatic carbocycles.